The molecular formula is C17H18Cl2N2O. The average molecular weight is 337 g/mol. The van der Waals surface area contributed by atoms with Gasteiger partial charge in [0.05, 0.1) is 6.54 Å². The van der Waals surface area contributed by atoms with Gasteiger partial charge >= 0.3 is 0 Å². The number of hydrogen-bond acceptors (Lipinski definition) is 2. The Bertz CT molecular complexity index is 659. The van der Waals surface area contributed by atoms with Crippen LogP contribution in [0.4, 0.5) is 5.69 Å². The predicted molar refractivity (Wildman–Crippen MR) is 92.8 cm³/mol. The molecule has 0 bridgehead atoms. The van der Waals surface area contributed by atoms with Crippen LogP contribution in [0, 0.1) is 6.92 Å². The zero-order chi connectivity index (χ0) is 15.9. The van der Waals surface area contributed by atoms with E-state index in [0.717, 1.165) is 16.8 Å². The molecule has 2 aromatic carbocycles. The van der Waals surface area contributed by atoms with Gasteiger partial charge in [-0.15, -0.1) is 0 Å². The molecule has 0 aliphatic carbocycles. The van der Waals surface area contributed by atoms with Crippen LogP contribution in [0.25, 0.3) is 0 Å². The van der Waals surface area contributed by atoms with Crippen molar-refractivity contribution >= 4 is 34.8 Å². The van der Waals surface area contributed by atoms with Crippen LogP contribution in [0.3, 0.4) is 0 Å². The van der Waals surface area contributed by atoms with Gasteiger partial charge in [-0.2, -0.15) is 0 Å². The minimum Gasteiger partial charge on any atom is -0.376 e. The Balaban J connectivity index is 1.75. The van der Waals surface area contributed by atoms with E-state index in [-0.39, 0.29) is 12.5 Å². The third-order valence-electron chi connectivity index (χ3n) is 3.32. The van der Waals surface area contributed by atoms with Crippen molar-refractivity contribution in [3.8, 4) is 0 Å². The number of amides is 1. The van der Waals surface area contributed by atoms with Crippen LogP contribution in [0.15, 0.2) is 42.5 Å². The topological polar surface area (TPSA) is 41.1 Å². The van der Waals surface area contributed by atoms with Crippen molar-refractivity contribution in [3.05, 3.63) is 63.6 Å². The number of para-hydroxylation sites is 1. The normalized spacial score (nSPS) is 10.3. The Hall–Kier alpha value is -1.71. The third kappa shape index (κ3) is 4.93. The van der Waals surface area contributed by atoms with Gasteiger partial charge in [-0.05, 0) is 42.7 Å². The second-order valence-corrected chi connectivity index (χ2v) is 5.85. The summed E-state index contributed by atoms with van der Waals surface area (Å²) < 4.78 is 0. The van der Waals surface area contributed by atoms with Gasteiger partial charge in [0, 0.05) is 22.3 Å². The molecule has 0 saturated heterocycles. The maximum atomic E-state index is 11.8. The summed E-state index contributed by atoms with van der Waals surface area (Å²) in [7, 11) is 0. The lowest BCUT2D eigenvalue weighted by Crippen LogP contribution is -2.31. The van der Waals surface area contributed by atoms with Gasteiger partial charge in [-0.3, -0.25) is 4.79 Å². The second kappa shape index (κ2) is 8.06. The number of halogens is 2. The van der Waals surface area contributed by atoms with E-state index >= 15 is 0 Å². The van der Waals surface area contributed by atoms with E-state index in [1.54, 1.807) is 12.1 Å². The molecule has 0 aromatic heterocycles. The quantitative estimate of drug-likeness (QED) is 0.834. The Kier molecular flexibility index (Phi) is 6.10. The number of carbonyl (C=O) groups is 1. The number of aryl methyl sites for hydroxylation is 1. The summed E-state index contributed by atoms with van der Waals surface area (Å²) in [4.78, 5) is 11.8. The highest BCUT2D eigenvalue weighted by molar-refractivity contribution is 6.35. The fourth-order valence-corrected chi connectivity index (χ4v) is 2.57. The number of carbonyl (C=O) groups excluding carboxylic acids is 1. The molecule has 0 aliphatic heterocycles. The number of rotatable bonds is 6. The minimum atomic E-state index is -0.0478. The zero-order valence-electron chi connectivity index (χ0n) is 12.3. The van der Waals surface area contributed by atoms with Crippen LogP contribution >= 0.6 is 23.2 Å². The highest BCUT2D eigenvalue weighted by Crippen LogP contribution is 2.21. The molecule has 0 heterocycles. The van der Waals surface area contributed by atoms with Gasteiger partial charge in [-0.25, -0.2) is 0 Å². The van der Waals surface area contributed by atoms with Crippen LogP contribution in [0.1, 0.15) is 11.1 Å². The molecule has 2 N–H and O–H groups in total. The summed E-state index contributed by atoms with van der Waals surface area (Å²) in [6.07, 6.45) is 0.673. The van der Waals surface area contributed by atoms with E-state index < -0.39 is 0 Å². The molecule has 1 amide bonds. The zero-order valence-corrected chi connectivity index (χ0v) is 13.8. The minimum absolute atomic E-state index is 0.0478. The number of hydrogen-bond donors (Lipinski definition) is 2. The summed E-state index contributed by atoms with van der Waals surface area (Å²) >= 11 is 11.9. The van der Waals surface area contributed by atoms with E-state index in [0.29, 0.717) is 23.0 Å². The summed E-state index contributed by atoms with van der Waals surface area (Å²) in [5.41, 5.74) is 3.06. The van der Waals surface area contributed by atoms with Gasteiger partial charge in [0.1, 0.15) is 0 Å². The molecule has 22 heavy (non-hydrogen) atoms. The molecule has 0 saturated carbocycles. The molecule has 3 nitrogen and oxygen atoms in total. The SMILES string of the molecule is Cc1ccccc1NCC(=O)NCCc1ccc(Cl)cc1Cl. The van der Waals surface area contributed by atoms with Gasteiger partial charge in [-0.1, -0.05) is 47.5 Å². The predicted octanol–water partition coefficient (Wildman–Crippen LogP) is 4.07. The van der Waals surface area contributed by atoms with Crippen molar-refractivity contribution in [2.45, 2.75) is 13.3 Å². The maximum Gasteiger partial charge on any atom is 0.239 e. The van der Waals surface area contributed by atoms with Crippen molar-refractivity contribution in [2.75, 3.05) is 18.4 Å². The molecule has 0 fully saturated rings. The van der Waals surface area contributed by atoms with Gasteiger partial charge < -0.3 is 10.6 Å². The molecule has 0 aliphatic rings. The summed E-state index contributed by atoms with van der Waals surface area (Å²) in [6, 6.07) is 13.2. The summed E-state index contributed by atoms with van der Waals surface area (Å²) in [5, 5.41) is 7.23. The van der Waals surface area contributed by atoms with Crippen LogP contribution in [0.2, 0.25) is 10.0 Å². The van der Waals surface area contributed by atoms with Crippen molar-refractivity contribution in [1.82, 2.24) is 5.32 Å². The maximum absolute atomic E-state index is 11.8. The lowest BCUT2D eigenvalue weighted by atomic mass is 10.1. The average Bonchev–Trinajstić information content (AvgIpc) is 2.49. The second-order valence-electron chi connectivity index (χ2n) is 5.00. The Morgan fingerprint density at radius 2 is 1.91 bits per heavy atom. The molecule has 0 atom stereocenters. The van der Waals surface area contributed by atoms with E-state index in [9.17, 15) is 4.79 Å². The van der Waals surface area contributed by atoms with Crippen molar-refractivity contribution in [1.29, 1.82) is 0 Å². The van der Waals surface area contributed by atoms with Crippen LogP contribution in [-0.4, -0.2) is 19.0 Å². The van der Waals surface area contributed by atoms with Crippen molar-refractivity contribution < 1.29 is 4.79 Å². The molecule has 116 valence electrons. The molecule has 0 unspecified atom stereocenters. The molecule has 0 spiro atoms. The monoisotopic (exact) mass is 336 g/mol. The van der Waals surface area contributed by atoms with Gasteiger partial charge in [0.25, 0.3) is 0 Å². The Morgan fingerprint density at radius 3 is 2.64 bits per heavy atom. The summed E-state index contributed by atoms with van der Waals surface area (Å²) in [6.45, 7) is 2.79. The van der Waals surface area contributed by atoms with Crippen LogP contribution in [-0.2, 0) is 11.2 Å². The number of anilines is 1. The standard InChI is InChI=1S/C17H18Cl2N2O/c1-12-4-2-3-5-16(12)21-11-17(22)20-9-8-13-6-7-14(18)10-15(13)19/h2-7,10,21H,8-9,11H2,1H3,(H,20,22). The van der Waals surface area contributed by atoms with E-state index in [1.807, 2.05) is 37.3 Å². The first-order valence-corrected chi connectivity index (χ1v) is 7.82. The lowest BCUT2D eigenvalue weighted by Gasteiger charge is -2.10. The van der Waals surface area contributed by atoms with Crippen LogP contribution in [0.5, 0.6) is 0 Å². The first-order chi connectivity index (χ1) is 10.6. The van der Waals surface area contributed by atoms with Crippen LogP contribution < -0.4 is 10.6 Å². The highest BCUT2D eigenvalue weighted by atomic mass is 35.5. The number of nitrogens with one attached hydrogen (secondary N) is 2. The highest BCUT2D eigenvalue weighted by Gasteiger charge is 2.04. The smallest absolute Gasteiger partial charge is 0.239 e. The molecule has 2 rings (SSSR count). The van der Waals surface area contributed by atoms with E-state index in [2.05, 4.69) is 10.6 Å². The first kappa shape index (κ1) is 16.7. The Labute approximate surface area is 140 Å². The van der Waals surface area contributed by atoms with Crippen molar-refractivity contribution in [3.63, 3.8) is 0 Å². The summed E-state index contributed by atoms with van der Waals surface area (Å²) in [5.74, 6) is -0.0478. The lowest BCUT2D eigenvalue weighted by molar-refractivity contribution is -0.119. The number of benzene rings is 2. The van der Waals surface area contributed by atoms with E-state index in [1.165, 1.54) is 0 Å². The molecule has 5 heteroatoms. The fraction of sp³-hybridized carbons (Fsp3) is 0.235. The molecule has 2 aromatic rings. The van der Waals surface area contributed by atoms with Gasteiger partial charge in [0.2, 0.25) is 5.91 Å². The Morgan fingerprint density at radius 1 is 1.14 bits per heavy atom. The largest absolute Gasteiger partial charge is 0.376 e. The van der Waals surface area contributed by atoms with Crippen molar-refractivity contribution in [2.24, 2.45) is 0 Å². The third-order valence-corrected chi connectivity index (χ3v) is 3.90. The fourth-order valence-electron chi connectivity index (χ4n) is 2.07. The first-order valence-electron chi connectivity index (χ1n) is 7.06. The molecular weight excluding hydrogens is 319 g/mol. The molecule has 0 radical (unpaired) electrons. The van der Waals surface area contributed by atoms with Gasteiger partial charge in [0.15, 0.2) is 0 Å². The van der Waals surface area contributed by atoms with E-state index in [4.69, 9.17) is 23.2 Å².